The molecule has 0 aliphatic rings. The van der Waals surface area contributed by atoms with Crippen LogP contribution < -0.4 is 0 Å². The van der Waals surface area contributed by atoms with Gasteiger partial charge in [0.2, 0.25) is 0 Å². The molecule has 9 heteroatoms. The zero-order valence-corrected chi connectivity index (χ0v) is 14.5. The average molecular weight is 370 g/mol. The molecule has 1 N–H and O–H groups in total. The lowest BCUT2D eigenvalue weighted by atomic mass is 10.2. The van der Waals surface area contributed by atoms with Crippen LogP contribution in [-0.4, -0.2) is 36.5 Å². The summed E-state index contributed by atoms with van der Waals surface area (Å²) in [5, 5.41) is 28.5. The number of carboxylic acid groups (broad SMARTS) is 1. The van der Waals surface area contributed by atoms with E-state index in [1.807, 2.05) is 31.2 Å². The number of aryl methyl sites for hydroxylation is 1. The fourth-order valence-electron chi connectivity index (χ4n) is 2.34. The number of aromatic nitrogens is 3. The number of nitro groups is 1. The van der Waals surface area contributed by atoms with E-state index in [0.29, 0.717) is 16.5 Å². The van der Waals surface area contributed by atoms with Crippen molar-refractivity contribution in [1.29, 1.82) is 0 Å². The van der Waals surface area contributed by atoms with E-state index in [9.17, 15) is 14.9 Å². The number of carboxylic acids is 1. The molecular formula is C17H14N4O4S. The SMILES string of the molecule is Cc1ccc(-n2c(SCC(=O)O)nnc2-c2ccc([N+](=O)[O-])cc2)cc1. The molecule has 0 radical (unpaired) electrons. The number of carbonyl (C=O) groups is 1. The normalized spacial score (nSPS) is 10.7. The number of thioether (sulfide) groups is 1. The third kappa shape index (κ3) is 3.72. The second kappa shape index (κ2) is 7.36. The fraction of sp³-hybridized carbons (Fsp3) is 0.118. The van der Waals surface area contributed by atoms with E-state index in [1.54, 1.807) is 16.7 Å². The summed E-state index contributed by atoms with van der Waals surface area (Å²) in [7, 11) is 0. The van der Waals surface area contributed by atoms with Gasteiger partial charge in [-0.1, -0.05) is 29.5 Å². The molecule has 2 aromatic carbocycles. The monoisotopic (exact) mass is 370 g/mol. The number of rotatable bonds is 6. The Morgan fingerprint density at radius 2 is 1.81 bits per heavy atom. The van der Waals surface area contributed by atoms with Gasteiger partial charge in [-0.3, -0.25) is 19.5 Å². The summed E-state index contributed by atoms with van der Waals surface area (Å²) in [4.78, 5) is 21.3. The van der Waals surface area contributed by atoms with E-state index in [4.69, 9.17) is 5.11 Å². The van der Waals surface area contributed by atoms with Gasteiger partial charge in [-0.15, -0.1) is 10.2 Å². The highest BCUT2D eigenvalue weighted by molar-refractivity contribution is 7.99. The third-order valence-corrected chi connectivity index (χ3v) is 4.50. The number of benzene rings is 2. The number of nitro benzene ring substituents is 1. The van der Waals surface area contributed by atoms with Crippen LogP contribution in [0.25, 0.3) is 17.1 Å². The summed E-state index contributed by atoms with van der Waals surface area (Å²) in [5.74, 6) is -0.619. The van der Waals surface area contributed by atoms with Gasteiger partial charge in [0.15, 0.2) is 11.0 Å². The molecular weight excluding hydrogens is 356 g/mol. The maximum atomic E-state index is 10.9. The fourth-order valence-corrected chi connectivity index (χ4v) is 3.01. The van der Waals surface area contributed by atoms with Crippen LogP contribution in [0.15, 0.2) is 53.7 Å². The smallest absolute Gasteiger partial charge is 0.313 e. The standard InChI is InChI=1S/C17H14N4O4S/c1-11-2-6-13(7-3-11)20-16(18-19-17(20)26-10-15(22)23)12-4-8-14(9-5-12)21(24)25/h2-9H,10H2,1H3,(H,22,23). The first kappa shape index (κ1) is 17.6. The van der Waals surface area contributed by atoms with Crippen LogP contribution in [0.5, 0.6) is 0 Å². The number of hydrogen-bond acceptors (Lipinski definition) is 6. The van der Waals surface area contributed by atoms with Crippen molar-refractivity contribution < 1.29 is 14.8 Å². The highest BCUT2D eigenvalue weighted by Crippen LogP contribution is 2.29. The molecule has 132 valence electrons. The van der Waals surface area contributed by atoms with Crippen LogP contribution in [0.3, 0.4) is 0 Å². The molecule has 0 spiro atoms. The van der Waals surface area contributed by atoms with E-state index in [0.717, 1.165) is 23.0 Å². The first-order chi connectivity index (χ1) is 12.5. The summed E-state index contributed by atoms with van der Waals surface area (Å²) >= 11 is 1.06. The van der Waals surface area contributed by atoms with Gasteiger partial charge < -0.3 is 5.11 Å². The Labute approximate surface area is 152 Å². The molecule has 0 fully saturated rings. The predicted molar refractivity (Wildman–Crippen MR) is 96.5 cm³/mol. The summed E-state index contributed by atoms with van der Waals surface area (Å²) in [5.41, 5.74) is 2.49. The van der Waals surface area contributed by atoms with Crippen molar-refractivity contribution in [2.24, 2.45) is 0 Å². The lowest BCUT2D eigenvalue weighted by molar-refractivity contribution is -0.384. The molecule has 0 unspecified atom stereocenters. The van der Waals surface area contributed by atoms with Gasteiger partial charge in [0.05, 0.1) is 10.7 Å². The Kier molecular flexibility index (Phi) is 4.99. The Balaban J connectivity index is 2.08. The van der Waals surface area contributed by atoms with Crippen molar-refractivity contribution in [3.05, 3.63) is 64.2 Å². The minimum Gasteiger partial charge on any atom is -0.481 e. The molecule has 0 saturated carbocycles. The average Bonchev–Trinajstić information content (AvgIpc) is 3.04. The third-order valence-electron chi connectivity index (χ3n) is 3.59. The van der Waals surface area contributed by atoms with Crippen molar-refractivity contribution >= 4 is 23.4 Å². The van der Waals surface area contributed by atoms with Crippen LogP contribution in [0.1, 0.15) is 5.56 Å². The van der Waals surface area contributed by atoms with Gasteiger partial charge in [0, 0.05) is 23.4 Å². The van der Waals surface area contributed by atoms with E-state index in [-0.39, 0.29) is 11.4 Å². The predicted octanol–water partition coefficient (Wildman–Crippen LogP) is 3.33. The molecule has 1 heterocycles. The maximum absolute atomic E-state index is 10.9. The Morgan fingerprint density at radius 3 is 2.38 bits per heavy atom. The second-order valence-corrected chi connectivity index (χ2v) is 6.41. The lowest BCUT2D eigenvalue weighted by Gasteiger charge is -2.10. The maximum Gasteiger partial charge on any atom is 0.313 e. The summed E-state index contributed by atoms with van der Waals surface area (Å²) < 4.78 is 1.74. The minimum absolute atomic E-state index is 0.0179. The van der Waals surface area contributed by atoms with Gasteiger partial charge in [0.1, 0.15) is 0 Å². The van der Waals surface area contributed by atoms with Gasteiger partial charge in [-0.2, -0.15) is 0 Å². The zero-order valence-electron chi connectivity index (χ0n) is 13.7. The molecule has 0 bridgehead atoms. The topological polar surface area (TPSA) is 111 Å². The number of nitrogens with zero attached hydrogens (tertiary/aromatic N) is 4. The van der Waals surface area contributed by atoms with Crippen LogP contribution in [0.2, 0.25) is 0 Å². The first-order valence-electron chi connectivity index (χ1n) is 7.57. The summed E-state index contributed by atoms with van der Waals surface area (Å²) in [6.45, 7) is 1.97. The Hall–Kier alpha value is -3.20. The first-order valence-corrected chi connectivity index (χ1v) is 8.56. The van der Waals surface area contributed by atoms with Crippen LogP contribution in [-0.2, 0) is 4.79 Å². The van der Waals surface area contributed by atoms with Crippen molar-refractivity contribution in [3.8, 4) is 17.1 Å². The largest absolute Gasteiger partial charge is 0.481 e. The molecule has 3 rings (SSSR count). The number of hydrogen-bond donors (Lipinski definition) is 1. The minimum atomic E-state index is -0.953. The highest BCUT2D eigenvalue weighted by Gasteiger charge is 2.18. The van der Waals surface area contributed by atoms with Gasteiger partial charge >= 0.3 is 5.97 Å². The van der Waals surface area contributed by atoms with Crippen molar-refractivity contribution in [2.45, 2.75) is 12.1 Å². The molecule has 1 aromatic heterocycles. The Morgan fingerprint density at radius 1 is 1.15 bits per heavy atom. The van der Waals surface area contributed by atoms with Crippen LogP contribution >= 0.6 is 11.8 Å². The molecule has 8 nitrogen and oxygen atoms in total. The summed E-state index contributed by atoms with van der Waals surface area (Å²) in [6, 6.07) is 13.6. The van der Waals surface area contributed by atoms with Crippen LogP contribution in [0, 0.1) is 17.0 Å². The zero-order chi connectivity index (χ0) is 18.7. The lowest BCUT2D eigenvalue weighted by Crippen LogP contribution is -2.03. The van der Waals surface area contributed by atoms with Crippen molar-refractivity contribution in [2.75, 3.05) is 5.75 Å². The van der Waals surface area contributed by atoms with Gasteiger partial charge in [0.25, 0.3) is 5.69 Å². The number of non-ortho nitro benzene ring substituents is 1. The van der Waals surface area contributed by atoms with E-state index in [2.05, 4.69) is 10.2 Å². The van der Waals surface area contributed by atoms with Crippen molar-refractivity contribution in [1.82, 2.24) is 14.8 Å². The van der Waals surface area contributed by atoms with E-state index < -0.39 is 10.9 Å². The molecule has 0 aliphatic heterocycles. The molecule has 0 amide bonds. The van der Waals surface area contributed by atoms with Crippen molar-refractivity contribution in [3.63, 3.8) is 0 Å². The van der Waals surface area contributed by atoms with E-state index in [1.165, 1.54) is 12.1 Å². The van der Waals surface area contributed by atoms with Crippen LogP contribution in [0.4, 0.5) is 5.69 Å². The Bertz CT molecular complexity index is 952. The molecule has 3 aromatic rings. The van der Waals surface area contributed by atoms with Gasteiger partial charge in [-0.25, -0.2) is 0 Å². The highest BCUT2D eigenvalue weighted by atomic mass is 32.2. The molecule has 26 heavy (non-hydrogen) atoms. The number of aliphatic carboxylic acids is 1. The molecule has 0 saturated heterocycles. The molecule has 0 aliphatic carbocycles. The molecule has 0 atom stereocenters. The summed E-state index contributed by atoms with van der Waals surface area (Å²) in [6.07, 6.45) is 0. The van der Waals surface area contributed by atoms with E-state index >= 15 is 0 Å². The second-order valence-electron chi connectivity index (χ2n) is 5.46. The quantitative estimate of drug-likeness (QED) is 0.402. The van der Waals surface area contributed by atoms with Gasteiger partial charge in [-0.05, 0) is 31.2 Å².